The van der Waals surface area contributed by atoms with Gasteiger partial charge in [0.1, 0.15) is 23.8 Å². The average molecular weight is 428 g/mol. The smallest absolute Gasteiger partial charge is 0.276 e. The molecule has 1 aliphatic rings. The summed E-state index contributed by atoms with van der Waals surface area (Å²) in [6.07, 6.45) is 6.59. The molecule has 1 fully saturated rings. The number of rotatable bonds is 5. The molecular formula is C22H20N8O2. The zero-order valence-corrected chi connectivity index (χ0v) is 17.1. The first kappa shape index (κ1) is 19.6. The number of nitrogens with zero attached hydrogens (tertiary/aromatic N) is 7. The van der Waals surface area contributed by atoms with Crippen molar-refractivity contribution in [3.63, 3.8) is 0 Å². The number of amides is 1. The molecule has 5 rings (SSSR count). The topological polar surface area (TPSA) is 113 Å². The van der Waals surface area contributed by atoms with E-state index in [0.717, 1.165) is 11.4 Å². The Morgan fingerprint density at radius 1 is 0.938 bits per heavy atom. The molecule has 10 heteroatoms. The highest BCUT2D eigenvalue weighted by molar-refractivity contribution is 5.93. The van der Waals surface area contributed by atoms with Crippen LogP contribution in [0.4, 0.5) is 17.5 Å². The second-order valence-corrected chi connectivity index (χ2v) is 7.20. The van der Waals surface area contributed by atoms with E-state index in [1.165, 1.54) is 6.33 Å². The minimum atomic E-state index is -0.149. The van der Waals surface area contributed by atoms with Crippen molar-refractivity contribution >= 4 is 23.4 Å². The van der Waals surface area contributed by atoms with Gasteiger partial charge in [0.25, 0.3) is 5.91 Å². The van der Waals surface area contributed by atoms with E-state index in [9.17, 15) is 4.79 Å². The summed E-state index contributed by atoms with van der Waals surface area (Å²) in [6.45, 7) is 2.42. The monoisotopic (exact) mass is 428 g/mol. The first-order valence-corrected chi connectivity index (χ1v) is 10.2. The number of aromatic nitrogens is 5. The number of carbonyl (C=O) groups is 1. The molecule has 0 aromatic carbocycles. The van der Waals surface area contributed by atoms with Crippen LogP contribution in [0, 0.1) is 0 Å². The summed E-state index contributed by atoms with van der Waals surface area (Å²) >= 11 is 0. The number of hydrogen-bond donors (Lipinski definition) is 1. The predicted molar refractivity (Wildman–Crippen MR) is 117 cm³/mol. The Hall–Kier alpha value is -4.34. The Balaban J connectivity index is 1.21. The standard InChI is InChI=1S/C22H20N8O2/c31-22(17-12-18(32-28-17)16-4-3-6-23-14-16)30-10-8-29(9-11-30)21-13-20(25-15-26-21)27-19-5-1-2-7-24-19/h1-7,12-15H,8-11H2,(H,24,25,26,27). The Morgan fingerprint density at radius 2 is 1.84 bits per heavy atom. The van der Waals surface area contributed by atoms with Gasteiger partial charge in [-0.05, 0) is 24.3 Å². The zero-order valence-electron chi connectivity index (χ0n) is 17.1. The third-order valence-electron chi connectivity index (χ3n) is 5.14. The number of anilines is 3. The van der Waals surface area contributed by atoms with E-state index in [1.54, 1.807) is 29.6 Å². The lowest BCUT2D eigenvalue weighted by Gasteiger charge is -2.35. The number of pyridine rings is 2. The van der Waals surface area contributed by atoms with Crippen molar-refractivity contribution < 1.29 is 9.32 Å². The molecule has 0 radical (unpaired) electrons. The summed E-state index contributed by atoms with van der Waals surface area (Å²) < 4.78 is 5.34. The molecule has 160 valence electrons. The number of hydrogen-bond acceptors (Lipinski definition) is 9. The maximum absolute atomic E-state index is 12.9. The summed E-state index contributed by atoms with van der Waals surface area (Å²) in [5, 5.41) is 7.13. The maximum Gasteiger partial charge on any atom is 0.276 e. The lowest BCUT2D eigenvalue weighted by molar-refractivity contribution is 0.0736. The van der Waals surface area contributed by atoms with Gasteiger partial charge in [0.05, 0.1) is 0 Å². The van der Waals surface area contributed by atoms with E-state index in [2.05, 4.69) is 35.3 Å². The summed E-state index contributed by atoms with van der Waals surface area (Å²) in [5.41, 5.74) is 1.07. The third kappa shape index (κ3) is 4.24. The lowest BCUT2D eigenvalue weighted by atomic mass is 10.2. The van der Waals surface area contributed by atoms with Gasteiger partial charge in [-0.1, -0.05) is 11.2 Å². The van der Waals surface area contributed by atoms with Crippen LogP contribution in [0.15, 0.2) is 71.9 Å². The maximum atomic E-state index is 12.9. The summed E-state index contributed by atoms with van der Waals surface area (Å²) in [7, 11) is 0. The highest BCUT2D eigenvalue weighted by Crippen LogP contribution is 2.22. The van der Waals surface area contributed by atoms with Crippen LogP contribution in [-0.4, -0.2) is 62.1 Å². The van der Waals surface area contributed by atoms with Crippen LogP contribution in [0.25, 0.3) is 11.3 Å². The van der Waals surface area contributed by atoms with E-state index >= 15 is 0 Å². The Morgan fingerprint density at radius 3 is 2.62 bits per heavy atom. The molecule has 4 aromatic rings. The van der Waals surface area contributed by atoms with Crippen LogP contribution in [-0.2, 0) is 0 Å². The second-order valence-electron chi connectivity index (χ2n) is 7.20. The van der Waals surface area contributed by atoms with Gasteiger partial charge in [-0.15, -0.1) is 0 Å². The van der Waals surface area contributed by atoms with Gasteiger partial charge in [-0.2, -0.15) is 0 Å². The molecule has 1 saturated heterocycles. The first-order valence-electron chi connectivity index (χ1n) is 10.2. The molecule has 1 N–H and O–H groups in total. The minimum absolute atomic E-state index is 0.149. The Bertz CT molecular complexity index is 1190. The van der Waals surface area contributed by atoms with E-state index in [0.29, 0.717) is 49.3 Å². The minimum Gasteiger partial charge on any atom is -0.355 e. The number of carbonyl (C=O) groups excluding carboxylic acids is 1. The van der Waals surface area contributed by atoms with Crippen molar-refractivity contribution in [3.8, 4) is 11.3 Å². The quantitative estimate of drug-likeness (QED) is 0.512. The van der Waals surface area contributed by atoms with E-state index in [4.69, 9.17) is 4.52 Å². The predicted octanol–water partition coefficient (Wildman–Crippen LogP) is 2.63. The summed E-state index contributed by atoms with van der Waals surface area (Å²) in [6, 6.07) is 12.8. The van der Waals surface area contributed by atoms with Crippen molar-refractivity contribution in [3.05, 3.63) is 73.1 Å². The van der Waals surface area contributed by atoms with Gasteiger partial charge in [-0.3, -0.25) is 9.78 Å². The molecule has 1 amide bonds. The van der Waals surface area contributed by atoms with E-state index in [1.807, 2.05) is 36.4 Å². The summed E-state index contributed by atoms with van der Waals surface area (Å²) in [5.74, 6) is 2.55. The highest BCUT2D eigenvalue weighted by Gasteiger charge is 2.25. The van der Waals surface area contributed by atoms with Crippen LogP contribution in [0.5, 0.6) is 0 Å². The van der Waals surface area contributed by atoms with Crippen molar-refractivity contribution in [2.75, 3.05) is 36.4 Å². The second kappa shape index (κ2) is 8.80. The van der Waals surface area contributed by atoms with Crippen molar-refractivity contribution in [2.45, 2.75) is 0 Å². The Kier molecular flexibility index (Phi) is 5.39. The van der Waals surface area contributed by atoms with E-state index in [-0.39, 0.29) is 5.91 Å². The lowest BCUT2D eigenvalue weighted by Crippen LogP contribution is -2.49. The molecule has 0 atom stereocenters. The molecule has 0 bridgehead atoms. The molecule has 0 unspecified atom stereocenters. The molecule has 0 aliphatic carbocycles. The first-order chi connectivity index (χ1) is 15.8. The van der Waals surface area contributed by atoms with Crippen LogP contribution >= 0.6 is 0 Å². The third-order valence-corrected chi connectivity index (χ3v) is 5.14. The van der Waals surface area contributed by atoms with Gasteiger partial charge in [0, 0.05) is 62.5 Å². The zero-order chi connectivity index (χ0) is 21.8. The van der Waals surface area contributed by atoms with Crippen LogP contribution in [0.1, 0.15) is 10.5 Å². The molecule has 4 aromatic heterocycles. The van der Waals surface area contributed by atoms with Crippen molar-refractivity contribution in [1.82, 2.24) is 30.0 Å². The fourth-order valence-corrected chi connectivity index (χ4v) is 3.48. The molecule has 10 nitrogen and oxygen atoms in total. The normalized spacial score (nSPS) is 13.8. The fraction of sp³-hybridized carbons (Fsp3) is 0.182. The average Bonchev–Trinajstić information content (AvgIpc) is 3.36. The van der Waals surface area contributed by atoms with Crippen LogP contribution in [0.2, 0.25) is 0 Å². The molecular weight excluding hydrogens is 408 g/mol. The van der Waals surface area contributed by atoms with Gasteiger partial charge >= 0.3 is 0 Å². The Labute approximate surface area is 183 Å². The molecule has 32 heavy (non-hydrogen) atoms. The number of nitrogens with one attached hydrogen (secondary N) is 1. The van der Waals surface area contributed by atoms with Crippen LogP contribution in [0.3, 0.4) is 0 Å². The van der Waals surface area contributed by atoms with Crippen LogP contribution < -0.4 is 10.2 Å². The SMILES string of the molecule is O=C(c1cc(-c2cccnc2)on1)N1CCN(c2cc(Nc3ccccn3)ncn2)CC1. The fourth-order valence-electron chi connectivity index (χ4n) is 3.48. The van der Waals surface area contributed by atoms with Crippen molar-refractivity contribution in [1.29, 1.82) is 0 Å². The molecule has 5 heterocycles. The molecule has 1 aliphatic heterocycles. The van der Waals surface area contributed by atoms with Gasteiger partial charge in [0.2, 0.25) is 0 Å². The number of piperazine rings is 1. The van der Waals surface area contributed by atoms with E-state index < -0.39 is 0 Å². The van der Waals surface area contributed by atoms with Gasteiger partial charge < -0.3 is 19.6 Å². The highest BCUT2D eigenvalue weighted by atomic mass is 16.5. The molecule has 0 saturated carbocycles. The van der Waals surface area contributed by atoms with Gasteiger partial charge in [-0.25, -0.2) is 15.0 Å². The molecule has 0 spiro atoms. The van der Waals surface area contributed by atoms with Gasteiger partial charge in [0.15, 0.2) is 11.5 Å². The largest absolute Gasteiger partial charge is 0.355 e. The summed E-state index contributed by atoms with van der Waals surface area (Å²) in [4.78, 5) is 33.7. The van der Waals surface area contributed by atoms with Crippen molar-refractivity contribution in [2.24, 2.45) is 0 Å².